The smallest absolute Gasteiger partial charge is 0.307 e. The van der Waals surface area contributed by atoms with Crippen LogP contribution in [0.5, 0.6) is 0 Å². The fourth-order valence-electron chi connectivity index (χ4n) is 1.44. The van der Waals surface area contributed by atoms with Crippen LogP contribution in [0.2, 0.25) is 0 Å². The quantitative estimate of drug-likeness (QED) is 0.797. The normalized spacial score (nSPS) is 13.2. The van der Waals surface area contributed by atoms with Gasteiger partial charge in [0, 0.05) is 6.54 Å². The molecule has 106 valence electrons. The van der Waals surface area contributed by atoms with Crippen molar-refractivity contribution in [2.24, 2.45) is 5.92 Å². The molecule has 0 heterocycles. The van der Waals surface area contributed by atoms with Crippen LogP contribution in [0.15, 0.2) is 29.2 Å². The Morgan fingerprint density at radius 2 is 1.89 bits per heavy atom. The molecule has 0 amide bonds. The molecule has 6 heteroatoms. The van der Waals surface area contributed by atoms with Crippen molar-refractivity contribution in [2.45, 2.75) is 31.6 Å². The molecule has 0 saturated carbocycles. The lowest BCUT2D eigenvalue weighted by molar-refractivity contribution is -0.136. The summed E-state index contributed by atoms with van der Waals surface area (Å²) in [7, 11) is -3.51. The van der Waals surface area contributed by atoms with E-state index in [9.17, 15) is 13.2 Å². The molecule has 0 aliphatic rings. The number of nitrogens with one attached hydrogen (secondary N) is 1. The molecule has 0 aliphatic carbocycles. The maximum Gasteiger partial charge on any atom is 0.307 e. The Balaban J connectivity index is 2.76. The van der Waals surface area contributed by atoms with E-state index >= 15 is 0 Å². The van der Waals surface area contributed by atoms with Gasteiger partial charge in [0.1, 0.15) is 0 Å². The summed E-state index contributed by atoms with van der Waals surface area (Å²) >= 11 is 0. The molecule has 1 unspecified atom stereocenters. The van der Waals surface area contributed by atoms with E-state index in [-0.39, 0.29) is 17.2 Å². The largest absolute Gasteiger partial charge is 0.481 e. The minimum absolute atomic E-state index is 0.110. The Kier molecular flexibility index (Phi) is 5.50. The van der Waals surface area contributed by atoms with E-state index in [0.29, 0.717) is 12.1 Å². The second-order valence-corrected chi connectivity index (χ2v) is 6.35. The summed E-state index contributed by atoms with van der Waals surface area (Å²) in [6, 6.07) is 5.90. The fourth-order valence-corrected chi connectivity index (χ4v) is 2.61. The van der Waals surface area contributed by atoms with Gasteiger partial charge in [0.05, 0.1) is 11.3 Å². The highest BCUT2D eigenvalue weighted by atomic mass is 32.2. The predicted octanol–water partition coefficient (Wildman–Crippen LogP) is 1.64. The van der Waals surface area contributed by atoms with Crippen LogP contribution in [0.4, 0.5) is 0 Å². The lowest BCUT2D eigenvalue weighted by Crippen LogP contribution is -2.28. The minimum atomic E-state index is -3.51. The van der Waals surface area contributed by atoms with Crippen molar-refractivity contribution < 1.29 is 18.3 Å². The second kappa shape index (κ2) is 6.68. The molecule has 1 aromatic rings. The molecule has 0 aliphatic heterocycles. The number of hydrogen-bond donors (Lipinski definition) is 2. The van der Waals surface area contributed by atoms with Crippen LogP contribution < -0.4 is 4.72 Å². The summed E-state index contributed by atoms with van der Waals surface area (Å²) < 4.78 is 26.5. The van der Waals surface area contributed by atoms with Gasteiger partial charge >= 0.3 is 5.97 Å². The van der Waals surface area contributed by atoms with E-state index in [1.165, 1.54) is 24.3 Å². The van der Waals surface area contributed by atoms with Gasteiger partial charge in [0.15, 0.2) is 0 Å². The van der Waals surface area contributed by atoms with Crippen LogP contribution >= 0.6 is 0 Å². The Labute approximate surface area is 113 Å². The van der Waals surface area contributed by atoms with E-state index in [1.807, 2.05) is 13.8 Å². The van der Waals surface area contributed by atoms with Crippen molar-refractivity contribution in [3.63, 3.8) is 0 Å². The summed E-state index contributed by atoms with van der Waals surface area (Å²) in [6.45, 7) is 4.37. The molecule has 0 radical (unpaired) electrons. The van der Waals surface area contributed by atoms with Gasteiger partial charge in [-0.1, -0.05) is 32.4 Å². The van der Waals surface area contributed by atoms with Crippen molar-refractivity contribution >= 4 is 16.0 Å². The van der Waals surface area contributed by atoms with Gasteiger partial charge in [0.2, 0.25) is 10.0 Å². The van der Waals surface area contributed by atoms with Crippen LogP contribution in [-0.4, -0.2) is 26.0 Å². The Morgan fingerprint density at radius 1 is 1.32 bits per heavy atom. The maximum atomic E-state index is 12.0. The molecule has 0 bridgehead atoms. The fraction of sp³-hybridized carbons (Fsp3) is 0.462. The third kappa shape index (κ3) is 5.00. The molecular formula is C13H19NO4S. The van der Waals surface area contributed by atoms with Gasteiger partial charge in [-0.05, 0) is 23.6 Å². The zero-order chi connectivity index (χ0) is 14.5. The van der Waals surface area contributed by atoms with Gasteiger partial charge in [-0.3, -0.25) is 4.79 Å². The number of carboxylic acid groups (broad SMARTS) is 1. The zero-order valence-electron chi connectivity index (χ0n) is 11.1. The molecule has 0 aromatic heterocycles. The molecular weight excluding hydrogens is 266 g/mol. The molecule has 0 fully saturated rings. The zero-order valence-corrected chi connectivity index (χ0v) is 11.9. The highest BCUT2D eigenvalue weighted by Gasteiger charge is 2.14. The van der Waals surface area contributed by atoms with Crippen LogP contribution in [0, 0.1) is 5.92 Å². The first-order valence-corrected chi connectivity index (χ1v) is 7.64. The Morgan fingerprint density at radius 3 is 2.37 bits per heavy atom. The maximum absolute atomic E-state index is 12.0. The van der Waals surface area contributed by atoms with Crippen molar-refractivity contribution in [1.29, 1.82) is 0 Å². The number of carboxylic acids is 1. The molecule has 2 N–H and O–H groups in total. The van der Waals surface area contributed by atoms with E-state index in [4.69, 9.17) is 5.11 Å². The molecule has 0 saturated heterocycles. The summed E-state index contributed by atoms with van der Waals surface area (Å²) in [4.78, 5) is 10.7. The number of aliphatic carboxylic acids is 1. The second-order valence-electron chi connectivity index (χ2n) is 4.58. The first kappa shape index (κ1) is 15.7. The van der Waals surface area contributed by atoms with E-state index in [2.05, 4.69) is 4.72 Å². The highest BCUT2D eigenvalue weighted by molar-refractivity contribution is 7.89. The van der Waals surface area contributed by atoms with Crippen LogP contribution in [0.25, 0.3) is 0 Å². The molecule has 19 heavy (non-hydrogen) atoms. The van der Waals surface area contributed by atoms with Crippen LogP contribution in [0.3, 0.4) is 0 Å². The van der Waals surface area contributed by atoms with Crippen molar-refractivity contribution in [1.82, 2.24) is 4.72 Å². The van der Waals surface area contributed by atoms with Gasteiger partial charge in [0.25, 0.3) is 0 Å². The number of benzene rings is 1. The minimum Gasteiger partial charge on any atom is -0.481 e. The van der Waals surface area contributed by atoms with Crippen LogP contribution in [-0.2, 0) is 21.2 Å². The van der Waals surface area contributed by atoms with E-state index in [0.717, 1.165) is 6.42 Å². The first-order valence-electron chi connectivity index (χ1n) is 6.15. The monoisotopic (exact) mass is 285 g/mol. The Hall–Kier alpha value is -1.40. The summed E-state index contributed by atoms with van der Waals surface area (Å²) in [6.07, 6.45) is 0.792. The van der Waals surface area contributed by atoms with Crippen molar-refractivity contribution in [3.8, 4) is 0 Å². The third-order valence-corrected chi connectivity index (χ3v) is 4.35. The summed E-state index contributed by atoms with van der Waals surface area (Å²) in [5, 5.41) is 8.64. The number of sulfonamides is 1. The molecule has 1 aromatic carbocycles. The van der Waals surface area contributed by atoms with Gasteiger partial charge in [-0.15, -0.1) is 0 Å². The predicted molar refractivity (Wildman–Crippen MR) is 72.4 cm³/mol. The van der Waals surface area contributed by atoms with Gasteiger partial charge < -0.3 is 5.11 Å². The third-order valence-electron chi connectivity index (χ3n) is 2.91. The van der Waals surface area contributed by atoms with Gasteiger partial charge in [-0.25, -0.2) is 13.1 Å². The average Bonchev–Trinajstić information content (AvgIpc) is 2.36. The van der Waals surface area contributed by atoms with Gasteiger partial charge in [-0.2, -0.15) is 0 Å². The highest BCUT2D eigenvalue weighted by Crippen LogP contribution is 2.11. The number of carbonyl (C=O) groups is 1. The van der Waals surface area contributed by atoms with E-state index < -0.39 is 16.0 Å². The lowest BCUT2D eigenvalue weighted by atomic mass is 10.1. The van der Waals surface area contributed by atoms with Crippen molar-refractivity contribution in [2.75, 3.05) is 6.54 Å². The van der Waals surface area contributed by atoms with E-state index in [1.54, 1.807) is 0 Å². The number of hydrogen-bond acceptors (Lipinski definition) is 3. The van der Waals surface area contributed by atoms with Crippen LogP contribution in [0.1, 0.15) is 25.8 Å². The first-order chi connectivity index (χ1) is 8.85. The molecule has 5 nitrogen and oxygen atoms in total. The topological polar surface area (TPSA) is 83.5 Å². The Bertz CT molecular complexity index is 522. The summed E-state index contributed by atoms with van der Waals surface area (Å²) in [5.41, 5.74) is 0.577. The number of rotatable bonds is 7. The summed E-state index contributed by atoms with van der Waals surface area (Å²) in [5.74, 6) is -0.661. The molecule has 0 spiro atoms. The molecule has 1 rings (SSSR count). The lowest BCUT2D eigenvalue weighted by Gasteiger charge is -2.11. The average molecular weight is 285 g/mol. The molecule has 1 atom stereocenters. The van der Waals surface area contributed by atoms with Crippen molar-refractivity contribution in [3.05, 3.63) is 29.8 Å². The SMILES string of the molecule is CCC(C)CNS(=O)(=O)c1ccc(CC(=O)O)cc1. The standard InChI is InChI=1S/C13H19NO4S/c1-3-10(2)9-14-19(17,18)12-6-4-11(5-7-12)8-13(15)16/h4-7,10,14H,3,8-9H2,1-2H3,(H,15,16).